The summed E-state index contributed by atoms with van der Waals surface area (Å²) in [5, 5.41) is 19.4. The van der Waals surface area contributed by atoms with Crippen LogP contribution in [0.5, 0.6) is 0 Å². The van der Waals surface area contributed by atoms with Crippen molar-refractivity contribution < 1.29 is 19.7 Å². The summed E-state index contributed by atoms with van der Waals surface area (Å²) in [6, 6.07) is 5.51. The number of carbonyl (C=O) groups is 1. The summed E-state index contributed by atoms with van der Waals surface area (Å²) in [4.78, 5) is 21.3. The molecule has 2 aromatic rings. The van der Waals surface area contributed by atoms with Crippen LogP contribution in [-0.4, -0.2) is 82.2 Å². The second-order valence-corrected chi connectivity index (χ2v) is 7.13. The van der Waals surface area contributed by atoms with E-state index in [9.17, 15) is 15.0 Å². The van der Waals surface area contributed by atoms with Crippen LogP contribution in [0.4, 0.5) is 5.95 Å². The molecule has 2 aliphatic rings. The molecule has 140 valence electrons. The lowest BCUT2D eigenvalue weighted by molar-refractivity contribution is -0.00455. The molecule has 0 spiro atoms. The van der Waals surface area contributed by atoms with Crippen LogP contribution < -0.4 is 4.90 Å². The van der Waals surface area contributed by atoms with E-state index in [4.69, 9.17) is 9.72 Å². The summed E-state index contributed by atoms with van der Waals surface area (Å²) in [6.45, 7) is 3.24. The molecule has 0 unspecified atom stereocenters. The van der Waals surface area contributed by atoms with E-state index < -0.39 is 5.60 Å². The van der Waals surface area contributed by atoms with E-state index in [1.807, 2.05) is 17.7 Å². The van der Waals surface area contributed by atoms with Crippen LogP contribution in [0.1, 0.15) is 16.8 Å². The van der Waals surface area contributed by atoms with Crippen molar-refractivity contribution in [2.45, 2.75) is 12.0 Å². The van der Waals surface area contributed by atoms with Gasteiger partial charge in [0.15, 0.2) is 0 Å². The Morgan fingerprint density at radius 1 is 1.31 bits per heavy atom. The van der Waals surface area contributed by atoms with Gasteiger partial charge in [0.1, 0.15) is 5.60 Å². The molecule has 0 saturated carbocycles. The number of aliphatic hydroxyl groups is 2. The average Bonchev–Trinajstić information content (AvgIpc) is 3.23. The Kier molecular flexibility index (Phi) is 4.34. The van der Waals surface area contributed by atoms with Gasteiger partial charge in [-0.1, -0.05) is 0 Å². The smallest absolute Gasteiger partial charge is 0.254 e. The van der Waals surface area contributed by atoms with E-state index in [0.717, 1.165) is 30.1 Å². The second kappa shape index (κ2) is 6.53. The SMILES string of the molecule is Cn1c(N2CCOCC2)nc2cc(C(=O)N3CC[C@](O)(CO)C3)ccc21. The third-order valence-corrected chi connectivity index (χ3v) is 5.31. The van der Waals surface area contributed by atoms with E-state index >= 15 is 0 Å². The molecule has 2 saturated heterocycles. The van der Waals surface area contributed by atoms with Gasteiger partial charge in [0.25, 0.3) is 5.91 Å². The third-order valence-electron chi connectivity index (χ3n) is 5.31. The summed E-state index contributed by atoms with van der Waals surface area (Å²) in [7, 11) is 1.98. The number of hydrogen-bond donors (Lipinski definition) is 2. The van der Waals surface area contributed by atoms with Crippen molar-refractivity contribution in [1.82, 2.24) is 14.5 Å². The van der Waals surface area contributed by atoms with Crippen molar-refractivity contribution in [2.75, 3.05) is 50.9 Å². The lowest BCUT2D eigenvalue weighted by Gasteiger charge is -2.27. The highest BCUT2D eigenvalue weighted by Gasteiger charge is 2.38. The van der Waals surface area contributed by atoms with Gasteiger partial charge in [0, 0.05) is 32.2 Å². The molecule has 1 amide bonds. The zero-order valence-electron chi connectivity index (χ0n) is 14.9. The van der Waals surface area contributed by atoms with Gasteiger partial charge in [-0.15, -0.1) is 0 Å². The van der Waals surface area contributed by atoms with Gasteiger partial charge in [-0.05, 0) is 24.6 Å². The molecule has 8 nitrogen and oxygen atoms in total. The molecule has 4 rings (SSSR count). The molecular weight excluding hydrogens is 336 g/mol. The van der Waals surface area contributed by atoms with Crippen LogP contribution in [0.2, 0.25) is 0 Å². The normalized spacial score (nSPS) is 23.8. The molecule has 0 bridgehead atoms. The van der Waals surface area contributed by atoms with Crippen molar-refractivity contribution in [1.29, 1.82) is 0 Å². The highest BCUT2D eigenvalue weighted by atomic mass is 16.5. The molecule has 1 atom stereocenters. The monoisotopic (exact) mass is 360 g/mol. The highest BCUT2D eigenvalue weighted by molar-refractivity contribution is 5.98. The number of anilines is 1. The van der Waals surface area contributed by atoms with Crippen LogP contribution in [0.25, 0.3) is 11.0 Å². The molecule has 8 heteroatoms. The van der Waals surface area contributed by atoms with Crippen LogP contribution in [0, 0.1) is 0 Å². The number of β-amino-alcohol motifs (C(OH)–C–C–N with tert-alkyl or cyclic N) is 1. The quantitative estimate of drug-likeness (QED) is 0.799. The van der Waals surface area contributed by atoms with Gasteiger partial charge in [0.05, 0.1) is 37.4 Å². The van der Waals surface area contributed by atoms with Crippen LogP contribution >= 0.6 is 0 Å². The number of morpholine rings is 1. The van der Waals surface area contributed by atoms with Crippen LogP contribution in [0.15, 0.2) is 18.2 Å². The fourth-order valence-electron chi connectivity index (χ4n) is 3.71. The van der Waals surface area contributed by atoms with Crippen molar-refractivity contribution in [2.24, 2.45) is 7.05 Å². The predicted molar refractivity (Wildman–Crippen MR) is 96.3 cm³/mol. The summed E-state index contributed by atoms with van der Waals surface area (Å²) >= 11 is 0. The first-order valence-corrected chi connectivity index (χ1v) is 8.92. The van der Waals surface area contributed by atoms with Gasteiger partial charge >= 0.3 is 0 Å². The molecular formula is C18H24N4O4. The molecule has 2 aliphatic heterocycles. The Hall–Kier alpha value is -2.16. The Labute approximate surface area is 151 Å². The van der Waals surface area contributed by atoms with Gasteiger partial charge in [-0.3, -0.25) is 4.79 Å². The second-order valence-electron chi connectivity index (χ2n) is 7.13. The minimum absolute atomic E-state index is 0.144. The van der Waals surface area contributed by atoms with E-state index in [2.05, 4.69) is 4.90 Å². The summed E-state index contributed by atoms with van der Waals surface area (Å²) in [5.74, 6) is 0.735. The number of aryl methyl sites for hydroxylation is 1. The number of aliphatic hydroxyl groups excluding tert-OH is 1. The first-order chi connectivity index (χ1) is 12.5. The topological polar surface area (TPSA) is 91.1 Å². The van der Waals surface area contributed by atoms with E-state index in [-0.39, 0.29) is 19.1 Å². The van der Waals surface area contributed by atoms with Gasteiger partial charge in [0.2, 0.25) is 5.95 Å². The van der Waals surface area contributed by atoms with Gasteiger partial charge in [-0.2, -0.15) is 0 Å². The molecule has 0 radical (unpaired) electrons. The lowest BCUT2D eigenvalue weighted by atomic mass is 10.1. The number of ether oxygens (including phenoxy) is 1. The highest BCUT2D eigenvalue weighted by Crippen LogP contribution is 2.26. The molecule has 1 aromatic carbocycles. The fourth-order valence-corrected chi connectivity index (χ4v) is 3.71. The van der Waals surface area contributed by atoms with E-state index in [1.165, 1.54) is 0 Å². The summed E-state index contributed by atoms with van der Waals surface area (Å²) in [6.07, 6.45) is 0.391. The Morgan fingerprint density at radius 2 is 2.08 bits per heavy atom. The number of carbonyl (C=O) groups excluding carboxylic acids is 1. The maximum atomic E-state index is 12.8. The number of benzene rings is 1. The maximum absolute atomic E-state index is 12.8. The van der Waals surface area contributed by atoms with Crippen LogP contribution in [0.3, 0.4) is 0 Å². The zero-order valence-corrected chi connectivity index (χ0v) is 14.9. The minimum atomic E-state index is -1.19. The third kappa shape index (κ3) is 2.94. The number of amides is 1. The van der Waals surface area contributed by atoms with Gasteiger partial charge in [-0.25, -0.2) is 4.98 Å². The predicted octanol–water partition coefficient (Wildman–Crippen LogP) is -0.0208. The first-order valence-electron chi connectivity index (χ1n) is 8.92. The largest absolute Gasteiger partial charge is 0.393 e. The van der Waals surface area contributed by atoms with Crippen molar-refractivity contribution in [3.63, 3.8) is 0 Å². The molecule has 2 fully saturated rings. The number of imidazole rings is 1. The standard InChI is InChI=1S/C18H24N4O4/c1-20-15-3-2-13(16(24)22-5-4-18(25,11-22)12-23)10-14(15)19-17(20)21-6-8-26-9-7-21/h2-3,10,23,25H,4-9,11-12H2,1H3/t18-/m1/s1. The number of likely N-dealkylation sites (tertiary alicyclic amines) is 1. The van der Waals surface area contributed by atoms with E-state index in [1.54, 1.807) is 17.0 Å². The molecule has 2 N–H and O–H groups in total. The number of nitrogens with zero attached hydrogens (tertiary/aromatic N) is 4. The Balaban J connectivity index is 1.60. The van der Waals surface area contributed by atoms with Gasteiger partial charge < -0.3 is 29.3 Å². The van der Waals surface area contributed by atoms with Crippen molar-refractivity contribution >= 4 is 22.9 Å². The Morgan fingerprint density at radius 3 is 2.77 bits per heavy atom. The number of hydrogen-bond acceptors (Lipinski definition) is 6. The zero-order chi connectivity index (χ0) is 18.3. The summed E-state index contributed by atoms with van der Waals surface area (Å²) < 4.78 is 7.44. The molecule has 0 aliphatic carbocycles. The lowest BCUT2D eigenvalue weighted by Crippen LogP contribution is -2.38. The van der Waals surface area contributed by atoms with Crippen LogP contribution in [-0.2, 0) is 11.8 Å². The van der Waals surface area contributed by atoms with Crippen molar-refractivity contribution in [3.05, 3.63) is 23.8 Å². The summed E-state index contributed by atoms with van der Waals surface area (Å²) in [5.41, 5.74) is 1.10. The molecule has 3 heterocycles. The molecule has 1 aromatic heterocycles. The Bertz CT molecular complexity index is 830. The fraction of sp³-hybridized carbons (Fsp3) is 0.556. The number of aromatic nitrogens is 2. The van der Waals surface area contributed by atoms with E-state index in [0.29, 0.717) is 31.7 Å². The minimum Gasteiger partial charge on any atom is -0.393 e. The molecule has 26 heavy (non-hydrogen) atoms. The first kappa shape index (κ1) is 17.3. The van der Waals surface area contributed by atoms with Crippen molar-refractivity contribution in [3.8, 4) is 0 Å². The number of fused-ring (bicyclic) bond motifs is 1. The number of rotatable bonds is 3. The maximum Gasteiger partial charge on any atom is 0.254 e. The average molecular weight is 360 g/mol.